The Balaban J connectivity index is 1.09. The molecule has 12 heteroatoms. The number of aliphatic hydroxyl groups excluding tert-OH is 1. The standard InChI is InChI=1S/C50H56N6O6/c1-33-46(49(2,3)36-18-23-39(61-4)24-19-36)43(26-29-53-32-41(51-52-53)47(59)35-12-6-5-7-13-35)62-50(33)40-30-38(55-28-11-9-15-45(55)58)22-25-42(40)56(48(50)60)31-34-16-20-37(21-17-34)54-27-10-8-14-44(54)57/h5-7,12-13,16-25,30,32-33,43,46-47,59H,8-11,14-15,26-29,31H2,1-4H3/t33-,43+,46-,47+,50+/m0/s1. The van der Waals surface area contributed by atoms with E-state index in [9.17, 15) is 14.7 Å². The van der Waals surface area contributed by atoms with E-state index in [-0.39, 0.29) is 29.6 Å². The van der Waals surface area contributed by atoms with Crippen LogP contribution >= 0.6 is 0 Å². The van der Waals surface area contributed by atoms with Crippen molar-refractivity contribution in [3.05, 3.63) is 131 Å². The van der Waals surface area contributed by atoms with Crippen LogP contribution in [0.5, 0.6) is 5.75 Å². The molecule has 5 atom stereocenters. The van der Waals surface area contributed by atoms with Gasteiger partial charge in [-0.05, 0) is 96.7 Å². The number of rotatable bonds is 12. The normalized spacial score (nSPS) is 23.3. The van der Waals surface area contributed by atoms with Gasteiger partial charge in [0.2, 0.25) is 11.8 Å². The maximum atomic E-state index is 15.6. The highest BCUT2D eigenvalue weighted by Gasteiger charge is 2.66. The van der Waals surface area contributed by atoms with Crippen molar-refractivity contribution in [2.45, 2.75) is 102 Å². The van der Waals surface area contributed by atoms with Crippen molar-refractivity contribution < 1.29 is 29.0 Å². The van der Waals surface area contributed by atoms with E-state index in [1.807, 2.05) is 99.6 Å². The zero-order chi connectivity index (χ0) is 43.2. The van der Waals surface area contributed by atoms with Crippen LogP contribution in [0.1, 0.15) is 99.8 Å². The summed E-state index contributed by atoms with van der Waals surface area (Å²) in [5.41, 5.74) is 4.55. The van der Waals surface area contributed by atoms with E-state index in [0.717, 1.165) is 70.7 Å². The van der Waals surface area contributed by atoms with Crippen molar-refractivity contribution in [3.8, 4) is 5.75 Å². The molecule has 0 aliphatic carbocycles. The Morgan fingerprint density at radius 3 is 2.18 bits per heavy atom. The molecule has 12 nitrogen and oxygen atoms in total. The van der Waals surface area contributed by atoms with Gasteiger partial charge in [0.15, 0.2) is 5.60 Å². The highest BCUT2D eigenvalue weighted by Crippen LogP contribution is 2.60. The van der Waals surface area contributed by atoms with Gasteiger partial charge in [-0.1, -0.05) is 80.6 Å². The van der Waals surface area contributed by atoms with Gasteiger partial charge in [-0.2, -0.15) is 0 Å². The van der Waals surface area contributed by atoms with Gasteiger partial charge in [-0.25, -0.2) is 0 Å². The molecule has 9 rings (SSSR count). The fraction of sp³-hybridized carbons (Fsp3) is 0.420. The SMILES string of the molecule is COc1ccc(C(C)(C)[C@@H]2[C@@H](CCn3cc([C@H](O)c4ccccc4)nn3)O[C@]3(C(=O)N(Cc4ccc(N5CCCCC5=O)cc4)c4ccc(N5CCCCC5=O)cc43)[C@H]2C)cc1. The molecule has 0 unspecified atom stereocenters. The first-order valence-corrected chi connectivity index (χ1v) is 22.1. The quantitative estimate of drug-likeness (QED) is 0.135. The van der Waals surface area contributed by atoms with Crippen molar-refractivity contribution in [1.82, 2.24) is 15.0 Å². The number of methoxy groups -OCH3 is 1. The molecule has 3 fully saturated rings. The molecular formula is C50H56N6O6. The molecule has 0 saturated carbocycles. The summed E-state index contributed by atoms with van der Waals surface area (Å²) in [4.78, 5) is 47.3. The molecule has 5 heterocycles. The zero-order valence-corrected chi connectivity index (χ0v) is 36.1. The number of hydrogen-bond donors (Lipinski definition) is 1. The lowest BCUT2D eigenvalue weighted by atomic mass is 9.63. The summed E-state index contributed by atoms with van der Waals surface area (Å²) < 4.78 is 14.7. The maximum absolute atomic E-state index is 15.6. The van der Waals surface area contributed by atoms with E-state index in [1.165, 1.54) is 0 Å². The van der Waals surface area contributed by atoms with Crippen LogP contribution in [0, 0.1) is 11.8 Å². The van der Waals surface area contributed by atoms with Gasteiger partial charge in [-0.3, -0.25) is 19.1 Å². The molecule has 322 valence electrons. The van der Waals surface area contributed by atoms with Gasteiger partial charge in [0.1, 0.15) is 17.5 Å². The number of piperidine rings is 2. The average molecular weight is 837 g/mol. The van der Waals surface area contributed by atoms with Crippen LogP contribution in [0.3, 0.4) is 0 Å². The van der Waals surface area contributed by atoms with E-state index in [2.05, 4.69) is 43.2 Å². The fourth-order valence-corrected chi connectivity index (χ4v) is 10.6. The second-order valence-electron chi connectivity index (χ2n) is 17.9. The van der Waals surface area contributed by atoms with Gasteiger partial charge in [0.25, 0.3) is 5.91 Å². The highest BCUT2D eigenvalue weighted by molar-refractivity contribution is 6.08. The zero-order valence-electron chi connectivity index (χ0n) is 36.1. The third kappa shape index (κ3) is 7.36. The van der Waals surface area contributed by atoms with Crippen LogP contribution in [0.2, 0.25) is 0 Å². The van der Waals surface area contributed by atoms with Gasteiger partial charge in [0, 0.05) is 61.2 Å². The van der Waals surface area contributed by atoms with E-state index in [4.69, 9.17) is 9.47 Å². The summed E-state index contributed by atoms with van der Waals surface area (Å²) in [7, 11) is 1.66. The molecule has 1 aromatic heterocycles. The largest absolute Gasteiger partial charge is 0.497 e. The summed E-state index contributed by atoms with van der Waals surface area (Å²) in [5.74, 6) is 0.378. The Bertz CT molecular complexity index is 2430. The third-order valence-electron chi connectivity index (χ3n) is 14.0. The number of hydrogen-bond acceptors (Lipinski definition) is 8. The summed E-state index contributed by atoms with van der Waals surface area (Å²) in [6.07, 6.45) is 5.69. The minimum atomic E-state index is -1.36. The summed E-state index contributed by atoms with van der Waals surface area (Å²) >= 11 is 0. The first kappa shape index (κ1) is 41.5. The molecule has 4 aliphatic heterocycles. The minimum Gasteiger partial charge on any atom is -0.497 e. The Morgan fingerprint density at radius 2 is 1.52 bits per heavy atom. The van der Waals surface area contributed by atoms with Crippen LogP contribution < -0.4 is 19.4 Å². The molecular weight excluding hydrogens is 781 g/mol. The molecule has 0 radical (unpaired) electrons. The van der Waals surface area contributed by atoms with Crippen LogP contribution in [-0.2, 0) is 43.2 Å². The number of fused-ring (bicyclic) bond motifs is 2. The molecule has 4 aliphatic rings. The number of benzene rings is 4. The molecule has 1 N–H and O–H groups in total. The lowest BCUT2D eigenvalue weighted by Gasteiger charge is -2.39. The van der Waals surface area contributed by atoms with E-state index >= 15 is 4.79 Å². The lowest BCUT2D eigenvalue weighted by Crippen LogP contribution is -2.46. The fourth-order valence-electron chi connectivity index (χ4n) is 10.6. The van der Waals surface area contributed by atoms with E-state index in [0.29, 0.717) is 51.1 Å². The summed E-state index contributed by atoms with van der Waals surface area (Å²) in [6.45, 7) is 8.68. The first-order valence-electron chi connectivity index (χ1n) is 22.1. The number of aliphatic hydroxyl groups is 1. The summed E-state index contributed by atoms with van der Waals surface area (Å²) in [6, 6.07) is 31.5. The number of carbonyl (C=O) groups is 3. The first-order chi connectivity index (χ1) is 30.0. The minimum absolute atomic E-state index is 0.0834. The molecule has 62 heavy (non-hydrogen) atoms. The van der Waals surface area contributed by atoms with Crippen LogP contribution in [0.25, 0.3) is 0 Å². The second kappa shape index (κ2) is 16.8. The van der Waals surface area contributed by atoms with Gasteiger partial charge in [0.05, 0.1) is 31.6 Å². The number of anilines is 3. The molecule has 1 spiro atoms. The third-order valence-corrected chi connectivity index (χ3v) is 14.0. The molecule has 3 amide bonds. The number of nitrogens with zero attached hydrogens (tertiary/aromatic N) is 6. The highest BCUT2D eigenvalue weighted by atomic mass is 16.5. The predicted molar refractivity (Wildman–Crippen MR) is 237 cm³/mol. The van der Waals surface area contributed by atoms with Gasteiger partial charge >= 0.3 is 0 Å². The molecule has 3 saturated heterocycles. The molecule has 0 bridgehead atoms. The number of ether oxygens (including phenoxy) is 2. The molecule has 4 aromatic carbocycles. The smallest absolute Gasteiger partial charge is 0.264 e. The maximum Gasteiger partial charge on any atom is 0.264 e. The predicted octanol–water partition coefficient (Wildman–Crippen LogP) is 7.86. The Kier molecular flexibility index (Phi) is 11.2. The van der Waals surface area contributed by atoms with Crippen molar-refractivity contribution in [2.24, 2.45) is 11.8 Å². The van der Waals surface area contributed by atoms with Gasteiger partial charge in [-0.15, -0.1) is 5.10 Å². The monoisotopic (exact) mass is 836 g/mol. The van der Waals surface area contributed by atoms with Crippen LogP contribution in [0.4, 0.5) is 17.1 Å². The number of amides is 3. The van der Waals surface area contributed by atoms with Crippen LogP contribution in [-0.4, -0.2) is 64.1 Å². The topological polar surface area (TPSA) is 130 Å². The van der Waals surface area contributed by atoms with Crippen molar-refractivity contribution in [2.75, 3.05) is 34.9 Å². The Morgan fingerprint density at radius 1 is 0.855 bits per heavy atom. The second-order valence-corrected chi connectivity index (χ2v) is 17.9. The average Bonchev–Trinajstić information content (AvgIpc) is 3.96. The summed E-state index contributed by atoms with van der Waals surface area (Å²) in [5, 5.41) is 19.9. The van der Waals surface area contributed by atoms with Crippen LogP contribution in [0.15, 0.2) is 103 Å². The number of aromatic nitrogens is 3. The van der Waals surface area contributed by atoms with E-state index in [1.54, 1.807) is 18.0 Å². The Hall–Kier alpha value is -5.85. The van der Waals surface area contributed by atoms with E-state index < -0.39 is 23.2 Å². The van der Waals surface area contributed by atoms with Crippen molar-refractivity contribution in [1.29, 1.82) is 0 Å². The van der Waals surface area contributed by atoms with Crippen molar-refractivity contribution in [3.63, 3.8) is 0 Å². The lowest BCUT2D eigenvalue weighted by molar-refractivity contribution is -0.146. The Labute approximate surface area is 363 Å². The number of aryl methyl sites for hydroxylation is 1. The van der Waals surface area contributed by atoms with Crippen molar-refractivity contribution >= 4 is 34.8 Å². The molecule has 5 aromatic rings. The van der Waals surface area contributed by atoms with Gasteiger partial charge < -0.3 is 29.3 Å². The number of carbonyl (C=O) groups excluding carboxylic acids is 3.